The van der Waals surface area contributed by atoms with Crippen LogP contribution in [0.15, 0.2) is 112 Å². The molecule has 5 nitrogen and oxygen atoms in total. The summed E-state index contributed by atoms with van der Waals surface area (Å²) in [5, 5.41) is 3.12. The monoisotopic (exact) mass is 534 g/mol. The first kappa shape index (κ1) is 24.9. The van der Waals surface area contributed by atoms with Gasteiger partial charge in [-0.2, -0.15) is 8.78 Å². The molecule has 0 spiro atoms. The van der Waals surface area contributed by atoms with E-state index in [0.29, 0.717) is 28.0 Å². The summed E-state index contributed by atoms with van der Waals surface area (Å²) in [7, 11) is 0. The predicted octanol–water partition coefficient (Wildman–Crippen LogP) is 7.73. The minimum Gasteiger partial charge on any atom is -0.452 e. The van der Waals surface area contributed by atoms with Crippen molar-refractivity contribution in [1.29, 1.82) is 0 Å². The molecular weight excluding hydrogens is 514 g/mol. The van der Waals surface area contributed by atoms with Crippen molar-refractivity contribution in [2.45, 2.75) is 20.4 Å². The smallest absolute Gasteiger partial charge is 0.340 e. The van der Waals surface area contributed by atoms with Gasteiger partial charge >= 0.3 is 5.97 Å². The van der Waals surface area contributed by atoms with E-state index in [9.17, 15) is 18.4 Å². The highest BCUT2D eigenvalue weighted by Gasteiger charge is 2.28. The Bertz CT molecular complexity index is 1400. The van der Waals surface area contributed by atoms with Gasteiger partial charge in [0.1, 0.15) is 0 Å². The Hall–Kier alpha value is -3.82. The molecule has 0 aliphatic carbocycles. The number of nitrogens with one attached hydrogen (secondary N) is 1. The first-order chi connectivity index (χ1) is 18.0. The highest BCUT2D eigenvalue weighted by molar-refractivity contribution is 8.00. The van der Waals surface area contributed by atoms with E-state index >= 15 is 0 Å². The molecule has 0 radical (unpaired) electrons. The Balaban J connectivity index is 1.30. The van der Waals surface area contributed by atoms with Crippen LogP contribution in [-0.2, 0) is 9.53 Å². The maximum atomic E-state index is 13.3. The summed E-state index contributed by atoms with van der Waals surface area (Å²) in [5.41, 5.74) is 2.81. The number of nitrogens with zero attached hydrogens (tertiary/aromatic N) is 1. The lowest BCUT2D eigenvalue weighted by molar-refractivity contribution is -0.121. The molecule has 37 heavy (non-hydrogen) atoms. The Morgan fingerprint density at radius 2 is 1.43 bits per heavy atom. The number of carbonyl (C=O) groups is 2. The molecule has 1 N–H and O–H groups in total. The van der Waals surface area contributed by atoms with Crippen LogP contribution in [0.5, 0.6) is 0 Å². The van der Waals surface area contributed by atoms with Crippen molar-refractivity contribution in [2.75, 3.05) is 16.8 Å². The van der Waals surface area contributed by atoms with Gasteiger partial charge in [-0.1, -0.05) is 59.9 Å². The number of alkyl halides is 2. The number of anilines is 4. The molecule has 5 rings (SSSR count). The van der Waals surface area contributed by atoms with Crippen molar-refractivity contribution in [3.63, 3.8) is 0 Å². The molecule has 0 saturated carbocycles. The van der Waals surface area contributed by atoms with Crippen LogP contribution in [0.2, 0.25) is 0 Å². The van der Waals surface area contributed by atoms with Gasteiger partial charge in [0, 0.05) is 20.4 Å². The van der Waals surface area contributed by atoms with Gasteiger partial charge in [-0.15, -0.1) is 0 Å². The molecule has 4 aromatic carbocycles. The van der Waals surface area contributed by atoms with Gasteiger partial charge in [-0.05, 0) is 60.7 Å². The van der Waals surface area contributed by atoms with E-state index in [1.807, 2.05) is 48.5 Å². The molecule has 1 amide bonds. The second kappa shape index (κ2) is 11.1. The summed E-state index contributed by atoms with van der Waals surface area (Å²) in [6.07, 6.45) is 0. The Morgan fingerprint density at radius 3 is 2.08 bits per heavy atom. The van der Waals surface area contributed by atoms with Crippen molar-refractivity contribution >= 4 is 58.1 Å². The van der Waals surface area contributed by atoms with Crippen LogP contribution in [-0.4, -0.2) is 24.2 Å². The highest BCUT2D eigenvalue weighted by Crippen LogP contribution is 2.47. The van der Waals surface area contributed by atoms with Crippen LogP contribution in [0.1, 0.15) is 10.4 Å². The summed E-state index contributed by atoms with van der Waals surface area (Å²) < 4.78 is 30.6. The van der Waals surface area contributed by atoms with Gasteiger partial charge in [0.15, 0.2) is 6.61 Å². The van der Waals surface area contributed by atoms with Crippen molar-refractivity contribution < 1.29 is 23.1 Å². The Morgan fingerprint density at radius 1 is 0.838 bits per heavy atom. The Kier molecular flexibility index (Phi) is 7.43. The zero-order valence-electron chi connectivity index (χ0n) is 19.3. The standard InChI is InChI=1S/C28H20F2N2O3S2/c29-28(30)36-19-15-13-18(14-16-19)31-21-8-2-1-7-20(21)27(34)35-17-26(33)32-22-9-3-5-11-24(22)37-25-12-6-4-10-23(25)32/h1-16,28,31H,17H2. The van der Waals surface area contributed by atoms with E-state index in [-0.39, 0.29) is 11.5 Å². The topological polar surface area (TPSA) is 58.6 Å². The van der Waals surface area contributed by atoms with E-state index in [4.69, 9.17) is 4.74 Å². The second-order valence-corrected chi connectivity index (χ2v) is 10.1. The van der Waals surface area contributed by atoms with Crippen molar-refractivity contribution in [2.24, 2.45) is 0 Å². The Labute approximate surface area is 220 Å². The summed E-state index contributed by atoms with van der Waals surface area (Å²) in [5.74, 6) is -3.52. The number of fused-ring (bicyclic) bond motifs is 2. The lowest BCUT2D eigenvalue weighted by Crippen LogP contribution is -2.32. The van der Waals surface area contributed by atoms with Crippen LogP contribution in [0.4, 0.5) is 31.5 Å². The first-order valence-corrected chi connectivity index (χ1v) is 13.0. The van der Waals surface area contributed by atoms with Gasteiger partial charge in [-0.25, -0.2) is 4.79 Å². The second-order valence-electron chi connectivity index (χ2n) is 7.92. The van der Waals surface area contributed by atoms with Gasteiger partial charge in [-0.3, -0.25) is 9.69 Å². The number of carbonyl (C=O) groups excluding carboxylic acids is 2. The van der Waals surface area contributed by atoms with Crippen molar-refractivity contribution in [3.05, 3.63) is 103 Å². The van der Waals surface area contributed by atoms with Crippen LogP contribution in [0, 0.1) is 0 Å². The molecule has 4 aromatic rings. The van der Waals surface area contributed by atoms with E-state index < -0.39 is 18.3 Å². The minimum atomic E-state index is -2.50. The highest BCUT2D eigenvalue weighted by atomic mass is 32.2. The lowest BCUT2D eigenvalue weighted by Gasteiger charge is -2.30. The number of halogens is 2. The maximum Gasteiger partial charge on any atom is 0.340 e. The third-order valence-corrected chi connectivity index (χ3v) is 7.37. The van der Waals surface area contributed by atoms with E-state index in [0.717, 1.165) is 21.2 Å². The largest absolute Gasteiger partial charge is 0.452 e. The van der Waals surface area contributed by atoms with Crippen LogP contribution >= 0.6 is 23.5 Å². The fourth-order valence-corrected chi connectivity index (χ4v) is 5.45. The van der Waals surface area contributed by atoms with Gasteiger partial charge < -0.3 is 10.1 Å². The SMILES string of the molecule is O=C(OCC(=O)N1c2ccccc2Sc2ccccc21)c1ccccc1Nc1ccc(SC(F)F)cc1. The summed E-state index contributed by atoms with van der Waals surface area (Å²) in [6, 6.07) is 28.4. The zero-order chi connectivity index (χ0) is 25.8. The number of hydrogen-bond donors (Lipinski definition) is 1. The maximum absolute atomic E-state index is 13.3. The molecule has 0 atom stereocenters. The predicted molar refractivity (Wildman–Crippen MR) is 142 cm³/mol. The molecule has 0 saturated heterocycles. The van der Waals surface area contributed by atoms with E-state index in [1.54, 1.807) is 65.2 Å². The molecule has 1 aliphatic rings. The van der Waals surface area contributed by atoms with Crippen LogP contribution < -0.4 is 10.2 Å². The molecule has 0 fully saturated rings. The number of amides is 1. The normalized spacial score (nSPS) is 12.0. The first-order valence-electron chi connectivity index (χ1n) is 11.3. The molecule has 186 valence electrons. The van der Waals surface area contributed by atoms with Crippen molar-refractivity contribution in [3.8, 4) is 0 Å². The molecule has 0 unspecified atom stereocenters. The molecule has 1 heterocycles. The fourth-order valence-electron chi connectivity index (χ4n) is 3.89. The minimum absolute atomic E-state index is 0.247. The van der Waals surface area contributed by atoms with Crippen LogP contribution in [0.3, 0.4) is 0 Å². The number of benzene rings is 4. The summed E-state index contributed by atoms with van der Waals surface area (Å²) in [4.78, 5) is 30.2. The number of ether oxygens (including phenoxy) is 1. The number of hydrogen-bond acceptors (Lipinski definition) is 6. The molecule has 1 aliphatic heterocycles. The summed E-state index contributed by atoms with van der Waals surface area (Å²) >= 11 is 2.04. The van der Waals surface area contributed by atoms with Gasteiger partial charge in [0.25, 0.3) is 11.7 Å². The molecule has 9 heteroatoms. The number of esters is 1. The summed E-state index contributed by atoms with van der Waals surface area (Å²) in [6.45, 7) is -0.444. The van der Waals surface area contributed by atoms with E-state index in [2.05, 4.69) is 5.32 Å². The van der Waals surface area contributed by atoms with Gasteiger partial charge in [0.2, 0.25) is 0 Å². The lowest BCUT2D eigenvalue weighted by atomic mass is 10.1. The zero-order valence-corrected chi connectivity index (χ0v) is 20.9. The van der Waals surface area contributed by atoms with E-state index in [1.165, 1.54) is 0 Å². The molecule has 0 aromatic heterocycles. The third-order valence-electron chi connectivity index (χ3n) is 5.51. The van der Waals surface area contributed by atoms with Crippen molar-refractivity contribution in [1.82, 2.24) is 0 Å². The number of rotatable bonds is 7. The van der Waals surface area contributed by atoms with Crippen LogP contribution in [0.25, 0.3) is 0 Å². The average molecular weight is 535 g/mol. The third kappa shape index (κ3) is 5.63. The quantitative estimate of drug-likeness (QED) is 0.193. The molecule has 0 bridgehead atoms. The number of thioether (sulfide) groups is 1. The van der Waals surface area contributed by atoms with Gasteiger partial charge in [0.05, 0.1) is 22.6 Å². The average Bonchev–Trinajstić information content (AvgIpc) is 2.91. The molecular formula is C28H20F2N2O3S2. The fraction of sp³-hybridized carbons (Fsp3) is 0.0714. The number of para-hydroxylation sites is 3.